The van der Waals surface area contributed by atoms with E-state index in [1.807, 2.05) is 13.8 Å². The van der Waals surface area contributed by atoms with Crippen molar-refractivity contribution in [2.75, 3.05) is 27.7 Å². The molecule has 0 aliphatic rings. The van der Waals surface area contributed by atoms with Crippen molar-refractivity contribution < 1.29 is 13.2 Å². The molecule has 0 atom stereocenters. The summed E-state index contributed by atoms with van der Waals surface area (Å²) in [5.74, 6) is -0.307. The van der Waals surface area contributed by atoms with E-state index in [1.165, 1.54) is 21.1 Å². The van der Waals surface area contributed by atoms with Crippen molar-refractivity contribution in [3.63, 3.8) is 0 Å². The van der Waals surface area contributed by atoms with Gasteiger partial charge in [-0.1, -0.05) is 0 Å². The molecular formula is C8H19N3O3S. The average molecular weight is 237 g/mol. The Labute approximate surface area is 91.4 Å². The smallest absolute Gasteiger partial charge is 0.281 e. The first-order chi connectivity index (χ1) is 6.67. The van der Waals surface area contributed by atoms with Gasteiger partial charge in [-0.2, -0.15) is 17.0 Å². The van der Waals surface area contributed by atoms with Crippen LogP contribution in [0.25, 0.3) is 0 Å². The second-order valence-corrected chi connectivity index (χ2v) is 6.02. The van der Waals surface area contributed by atoms with Gasteiger partial charge in [0, 0.05) is 27.2 Å². The molecule has 0 saturated carbocycles. The standard InChI is InChI=1S/C8H19N3O3S/c1-7(2)9-8(12)6-11(5)15(13,14)10(3)4/h7H,6H2,1-5H3,(H,9,12). The Morgan fingerprint density at radius 3 is 2.07 bits per heavy atom. The molecule has 15 heavy (non-hydrogen) atoms. The van der Waals surface area contributed by atoms with Gasteiger partial charge in [0.15, 0.2) is 0 Å². The molecule has 90 valence electrons. The maximum absolute atomic E-state index is 11.5. The molecule has 6 nitrogen and oxygen atoms in total. The van der Waals surface area contributed by atoms with Crippen LogP contribution in [0.1, 0.15) is 13.8 Å². The highest BCUT2D eigenvalue weighted by Crippen LogP contribution is 1.99. The molecule has 0 rings (SSSR count). The van der Waals surface area contributed by atoms with Gasteiger partial charge in [0.25, 0.3) is 10.2 Å². The molecule has 0 aliphatic heterocycles. The minimum atomic E-state index is -3.50. The molecule has 1 amide bonds. The van der Waals surface area contributed by atoms with Crippen molar-refractivity contribution in [2.45, 2.75) is 19.9 Å². The molecule has 0 heterocycles. The van der Waals surface area contributed by atoms with E-state index < -0.39 is 10.2 Å². The highest BCUT2D eigenvalue weighted by atomic mass is 32.2. The fourth-order valence-electron chi connectivity index (χ4n) is 0.930. The molecule has 0 aromatic rings. The summed E-state index contributed by atoms with van der Waals surface area (Å²) in [6, 6.07) is 0.00737. The molecule has 0 spiro atoms. The molecule has 0 saturated heterocycles. The van der Waals surface area contributed by atoms with E-state index in [4.69, 9.17) is 0 Å². The predicted octanol–water partition coefficient (Wildman–Crippen LogP) is -0.751. The average Bonchev–Trinajstić information content (AvgIpc) is 2.01. The molecule has 0 aliphatic carbocycles. The largest absolute Gasteiger partial charge is 0.353 e. The van der Waals surface area contributed by atoms with Crippen LogP contribution in [0.15, 0.2) is 0 Å². The van der Waals surface area contributed by atoms with Gasteiger partial charge >= 0.3 is 0 Å². The van der Waals surface area contributed by atoms with E-state index in [9.17, 15) is 13.2 Å². The quantitative estimate of drug-likeness (QED) is 0.684. The number of amides is 1. The summed E-state index contributed by atoms with van der Waals surface area (Å²) >= 11 is 0. The summed E-state index contributed by atoms with van der Waals surface area (Å²) in [7, 11) is 0.714. The number of hydrogen-bond donors (Lipinski definition) is 1. The third-order valence-electron chi connectivity index (χ3n) is 1.67. The Balaban J connectivity index is 4.38. The van der Waals surface area contributed by atoms with Crippen LogP contribution in [0.5, 0.6) is 0 Å². The summed E-state index contributed by atoms with van der Waals surface area (Å²) in [5, 5.41) is 2.62. The first-order valence-electron chi connectivity index (χ1n) is 4.61. The number of carbonyl (C=O) groups is 1. The van der Waals surface area contributed by atoms with Crippen LogP contribution in [0.3, 0.4) is 0 Å². The van der Waals surface area contributed by atoms with Crippen LogP contribution >= 0.6 is 0 Å². The van der Waals surface area contributed by atoms with Gasteiger partial charge in [-0.05, 0) is 13.8 Å². The summed E-state index contributed by atoms with van der Waals surface area (Å²) < 4.78 is 25.1. The van der Waals surface area contributed by atoms with E-state index in [0.717, 1.165) is 8.61 Å². The van der Waals surface area contributed by atoms with Gasteiger partial charge in [0.05, 0.1) is 6.54 Å². The Hall–Kier alpha value is -0.660. The van der Waals surface area contributed by atoms with Crippen LogP contribution in [-0.4, -0.2) is 56.7 Å². The van der Waals surface area contributed by atoms with Crippen LogP contribution < -0.4 is 5.32 Å². The lowest BCUT2D eigenvalue weighted by Crippen LogP contribution is -2.44. The van der Waals surface area contributed by atoms with Gasteiger partial charge in [-0.25, -0.2) is 0 Å². The summed E-state index contributed by atoms with van der Waals surface area (Å²) in [6.45, 7) is 3.47. The van der Waals surface area contributed by atoms with E-state index in [1.54, 1.807) is 0 Å². The third-order valence-corrected chi connectivity index (χ3v) is 3.51. The van der Waals surface area contributed by atoms with Crippen molar-refractivity contribution in [2.24, 2.45) is 0 Å². The normalized spacial score (nSPS) is 12.5. The molecule has 0 bridgehead atoms. The van der Waals surface area contributed by atoms with Crippen LogP contribution in [-0.2, 0) is 15.0 Å². The molecule has 0 aromatic carbocycles. The van der Waals surface area contributed by atoms with E-state index >= 15 is 0 Å². The Kier molecular flexibility index (Phi) is 5.19. The van der Waals surface area contributed by atoms with E-state index in [0.29, 0.717) is 0 Å². The van der Waals surface area contributed by atoms with Gasteiger partial charge in [-0.15, -0.1) is 0 Å². The Morgan fingerprint density at radius 2 is 1.73 bits per heavy atom. The molecule has 1 N–H and O–H groups in total. The van der Waals surface area contributed by atoms with Crippen LogP contribution in [0, 0.1) is 0 Å². The number of likely N-dealkylation sites (N-methyl/N-ethyl adjacent to an activating group) is 1. The summed E-state index contributed by atoms with van der Waals surface area (Å²) in [4.78, 5) is 11.3. The second-order valence-electron chi connectivity index (χ2n) is 3.77. The first-order valence-corrected chi connectivity index (χ1v) is 6.00. The van der Waals surface area contributed by atoms with Crippen molar-refractivity contribution in [1.29, 1.82) is 0 Å². The zero-order valence-corrected chi connectivity index (χ0v) is 10.6. The lowest BCUT2D eigenvalue weighted by atomic mass is 10.4. The topological polar surface area (TPSA) is 69.7 Å². The summed E-state index contributed by atoms with van der Waals surface area (Å²) in [6.07, 6.45) is 0. The SMILES string of the molecule is CC(C)NC(=O)CN(C)S(=O)(=O)N(C)C. The lowest BCUT2D eigenvalue weighted by Gasteiger charge is -2.21. The third kappa shape index (κ3) is 4.59. The van der Waals surface area contributed by atoms with Crippen molar-refractivity contribution in [1.82, 2.24) is 13.9 Å². The van der Waals surface area contributed by atoms with E-state index in [-0.39, 0.29) is 18.5 Å². The fraction of sp³-hybridized carbons (Fsp3) is 0.875. The molecule has 0 unspecified atom stereocenters. The number of hydrogen-bond acceptors (Lipinski definition) is 3. The van der Waals surface area contributed by atoms with Gasteiger partial charge < -0.3 is 5.32 Å². The minimum absolute atomic E-state index is 0.00737. The van der Waals surface area contributed by atoms with Gasteiger partial charge in [0.1, 0.15) is 0 Å². The summed E-state index contributed by atoms with van der Waals surface area (Å²) in [5.41, 5.74) is 0. The number of nitrogens with one attached hydrogen (secondary N) is 1. The number of nitrogens with zero attached hydrogens (tertiary/aromatic N) is 2. The lowest BCUT2D eigenvalue weighted by molar-refractivity contribution is -0.121. The molecular weight excluding hydrogens is 218 g/mol. The minimum Gasteiger partial charge on any atom is -0.353 e. The number of rotatable bonds is 5. The first kappa shape index (κ1) is 14.3. The zero-order valence-electron chi connectivity index (χ0n) is 9.81. The maximum atomic E-state index is 11.5. The highest BCUT2D eigenvalue weighted by molar-refractivity contribution is 7.86. The molecule has 7 heteroatoms. The van der Waals surface area contributed by atoms with Crippen molar-refractivity contribution in [3.05, 3.63) is 0 Å². The monoisotopic (exact) mass is 237 g/mol. The van der Waals surface area contributed by atoms with Gasteiger partial charge in [-0.3, -0.25) is 4.79 Å². The van der Waals surface area contributed by atoms with Crippen molar-refractivity contribution in [3.8, 4) is 0 Å². The Morgan fingerprint density at radius 1 is 1.27 bits per heavy atom. The zero-order chi connectivity index (χ0) is 12.2. The fourth-order valence-corrected chi connectivity index (χ4v) is 1.77. The van der Waals surface area contributed by atoms with Gasteiger partial charge in [0.2, 0.25) is 5.91 Å². The molecule has 0 aromatic heterocycles. The van der Waals surface area contributed by atoms with Crippen LogP contribution in [0.2, 0.25) is 0 Å². The maximum Gasteiger partial charge on any atom is 0.281 e. The highest BCUT2D eigenvalue weighted by Gasteiger charge is 2.22. The molecule has 0 radical (unpaired) electrons. The molecule has 0 fully saturated rings. The van der Waals surface area contributed by atoms with E-state index in [2.05, 4.69) is 5.32 Å². The predicted molar refractivity (Wildman–Crippen MR) is 58.5 cm³/mol. The second kappa shape index (κ2) is 5.43. The van der Waals surface area contributed by atoms with Crippen LogP contribution in [0.4, 0.5) is 0 Å². The van der Waals surface area contributed by atoms with Crippen molar-refractivity contribution >= 4 is 16.1 Å². The Bertz CT molecular complexity index is 311. The number of carbonyl (C=O) groups excluding carboxylic acids is 1.